The SMILES string of the molecule is Cc1ccc(C(=O)NNC(=O)[C@H](C)Br)cc1. The van der Waals surface area contributed by atoms with Crippen molar-refractivity contribution in [1.82, 2.24) is 10.9 Å². The van der Waals surface area contributed by atoms with Gasteiger partial charge >= 0.3 is 0 Å². The van der Waals surface area contributed by atoms with Gasteiger partial charge < -0.3 is 0 Å². The third-order valence-electron chi connectivity index (χ3n) is 1.97. The molecule has 0 aromatic heterocycles. The van der Waals surface area contributed by atoms with Crippen molar-refractivity contribution >= 4 is 27.7 Å². The fraction of sp³-hybridized carbons (Fsp3) is 0.273. The molecule has 0 fully saturated rings. The first-order valence-electron chi connectivity index (χ1n) is 4.81. The number of carbonyl (C=O) groups is 2. The molecular formula is C11H13BrN2O2. The van der Waals surface area contributed by atoms with E-state index in [0.717, 1.165) is 5.56 Å². The van der Waals surface area contributed by atoms with Gasteiger partial charge in [-0.25, -0.2) is 0 Å². The van der Waals surface area contributed by atoms with Crippen LogP contribution in [0.1, 0.15) is 22.8 Å². The second kappa shape index (κ2) is 5.65. The lowest BCUT2D eigenvalue weighted by molar-refractivity contribution is -0.120. The van der Waals surface area contributed by atoms with Crippen LogP contribution >= 0.6 is 15.9 Å². The highest BCUT2D eigenvalue weighted by Crippen LogP contribution is 2.02. The summed E-state index contributed by atoms with van der Waals surface area (Å²) < 4.78 is 0. The van der Waals surface area contributed by atoms with E-state index < -0.39 is 0 Å². The Labute approximate surface area is 103 Å². The molecule has 1 aromatic carbocycles. The van der Waals surface area contributed by atoms with Crippen LogP contribution in [0.25, 0.3) is 0 Å². The average molecular weight is 285 g/mol. The molecule has 0 aliphatic heterocycles. The smallest absolute Gasteiger partial charge is 0.269 e. The van der Waals surface area contributed by atoms with E-state index in [1.54, 1.807) is 19.1 Å². The zero-order valence-corrected chi connectivity index (χ0v) is 10.7. The summed E-state index contributed by atoms with van der Waals surface area (Å²) in [6.07, 6.45) is 0. The van der Waals surface area contributed by atoms with Crippen LogP contribution in [-0.2, 0) is 4.79 Å². The van der Waals surface area contributed by atoms with Crippen molar-refractivity contribution in [2.24, 2.45) is 0 Å². The number of benzene rings is 1. The Morgan fingerprint density at radius 2 is 1.75 bits per heavy atom. The fourth-order valence-electron chi connectivity index (χ4n) is 0.995. The number of nitrogens with one attached hydrogen (secondary N) is 2. The predicted molar refractivity (Wildman–Crippen MR) is 65.2 cm³/mol. The van der Waals surface area contributed by atoms with Crippen molar-refractivity contribution in [2.75, 3.05) is 0 Å². The van der Waals surface area contributed by atoms with E-state index in [2.05, 4.69) is 26.8 Å². The first kappa shape index (κ1) is 12.7. The molecule has 0 heterocycles. The molecule has 1 atom stereocenters. The Hall–Kier alpha value is -1.36. The zero-order valence-electron chi connectivity index (χ0n) is 9.08. The van der Waals surface area contributed by atoms with Crippen LogP contribution in [0.5, 0.6) is 0 Å². The van der Waals surface area contributed by atoms with Gasteiger partial charge in [-0.1, -0.05) is 33.6 Å². The third kappa shape index (κ3) is 3.66. The van der Waals surface area contributed by atoms with Gasteiger partial charge in [0.1, 0.15) is 0 Å². The van der Waals surface area contributed by atoms with E-state index in [0.29, 0.717) is 5.56 Å². The Balaban J connectivity index is 2.53. The topological polar surface area (TPSA) is 58.2 Å². The minimum atomic E-state index is -0.342. The maximum absolute atomic E-state index is 11.5. The number of hydrogen-bond donors (Lipinski definition) is 2. The maximum atomic E-state index is 11.5. The molecule has 0 radical (unpaired) electrons. The average Bonchev–Trinajstić information content (AvgIpc) is 2.26. The summed E-state index contributed by atoms with van der Waals surface area (Å²) in [5.74, 6) is -0.623. The van der Waals surface area contributed by atoms with Crippen molar-refractivity contribution in [3.8, 4) is 0 Å². The van der Waals surface area contributed by atoms with Gasteiger partial charge in [0, 0.05) is 5.56 Å². The van der Waals surface area contributed by atoms with Crippen LogP contribution in [0.4, 0.5) is 0 Å². The highest BCUT2D eigenvalue weighted by atomic mass is 79.9. The number of hydrogen-bond acceptors (Lipinski definition) is 2. The monoisotopic (exact) mass is 284 g/mol. The lowest BCUT2D eigenvalue weighted by atomic mass is 10.1. The molecule has 0 unspecified atom stereocenters. The van der Waals surface area contributed by atoms with Gasteiger partial charge in [-0.15, -0.1) is 0 Å². The normalized spacial score (nSPS) is 11.7. The van der Waals surface area contributed by atoms with Gasteiger partial charge in [0.05, 0.1) is 4.83 Å². The van der Waals surface area contributed by atoms with Crippen molar-refractivity contribution in [3.63, 3.8) is 0 Å². The predicted octanol–water partition coefficient (Wildman–Crippen LogP) is 1.54. The third-order valence-corrected chi connectivity index (χ3v) is 2.39. The number of hydrazine groups is 1. The van der Waals surface area contributed by atoms with Gasteiger partial charge in [-0.05, 0) is 26.0 Å². The summed E-state index contributed by atoms with van der Waals surface area (Å²) >= 11 is 3.09. The van der Waals surface area contributed by atoms with Crippen LogP contribution < -0.4 is 10.9 Å². The molecule has 2 N–H and O–H groups in total. The number of halogens is 1. The Morgan fingerprint density at radius 1 is 1.19 bits per heavy atom. The van der Waals surface area contributed by atoms with Gasteiger partial charge in [0.15, 0.2) is 0 Å². The standard InChI is InChI=1S/C11H13BrN2O2/c1-7-3-5-9(6-4-7)11(16)14-13-10(15)8(2)12/h3-6,8H,1-2H3,(H,13,15)(H,14,16)/t8-/m0/s1. The molecule has 1 aromatic rings. The molecule has 0 spiro atoms. The van der Waals surface area contributed by atoms with Crippen LogP contribution in [0.15, 0.2) is 24.3 Å². The second-order valence-electron chi connectivity index (χ2n) is 3.43. The summed E-state index contributed by atoms with van der Waals surface area (Å²) in [6.45, 7) is 3.61. The van der Waals surface area contributed by atoms with Crippen LogP contribution in [-0.4, -0.2) is 16.6 Å². The highest BCUT2D eigenvalue weighted by Gasteiger charge is 2.10. The Morgan fingerprint density at radius 3 is 2.25 bits per heavy atom. The van der Waals surface area contributed by atoms with E-state index >= 15 is 0 Å². The van der Waals surface area contributed by atoms with Crippen molar-refractivity contribution in [1.29, 1.82) is 0 Å². The molecule has 2 amide bonds. The van der Waals surface area contributed by atoms with E-state index in [9.17, 15) is 9.59 Å². The highest BCUT2D eigenvalue weighted by molar-refractivity contribution is 9.10. The molecule has 86 valence electrons. The van der Waals surface area contributed by atoms with Crippen molar-refractivity contribution < 1.29 is 9.59 Å². The molecule has 0 aliphatic carbocycles. The summed E-state index contributed by atoms with van der Waals surface area (Å²) in [5, 5.41) is 0. The van der Waals surface area contributed by atoms with Crippen molar-refractivity contribution in [2.45, 2.75) is 18.7 Å². The lowest BCUT2D eigenvalue weighted by Crippen LogP contribution is -2.44. The summed E-state index contributed by atoms with van der Waals surface area (Å²) in [4.78, 5) is 22.4. The van der Waals surface area contributed by atoms with E-state index in [1.807, 2.05) is 19.1 Å². The molecule has 0 saturated carbocycles. The van der Waals surface area contributed by atoms with E-state index in [4.69, 9.17) is 0 Å². The number of amides is 2. The number of alkyl halides is 1. The molecule has 0 aliphatic rings. The molecule has 5 heteroatoms. The van der Waals surface area contributed by atoms with E-state index in [-0.39, 0.29) is 16.6 Å². The number of aryl methyl sites for hydroxylation is 1. The largest absolute Gasteiger partial charge is 0.272 e. The molecule has 16 heavy (non-hydrogen) atoms. The maximum Gasteiger partial charge on any atom is 0.269 e. The summed E-state index contributed by atoms with van der Waals surface area (Å²) in [6, 6.07) is 7.08. The minimum Gasteiger partial charge on any atom is -0.272 e. The van der Waals surface area contributed by atoms with Gasteiger partial charge in [-0.3, -0.25) is 20.4 Å². The summed E-state index contributed by atoms with van der Waals surface area (Å²) in [7, 11) is 0. The van der Waals surface area contributed by atoms with Crippen molar-refractivity contribution in [3.05, 3.63) is 35.4 Å². The number of rotatable bonds is 2. The molecule has 0 bridgehead atoms. The molecule has 0 saturated heterocycles. The van der Waals surface area contributed by atoms with Crippen LogP contribution in [0.2, 0.25) is 0 Å². The quantitative estimate of drug-likeness (QED) is 0.639. The minimum absolute atomic E-state index is 0.291. The zero-order chi connectivity index (χ0) is 12.1. The van der Waals surface area contributed by atoms with Gasteiger partial charge in [-0.2, -0.15) is 0 Å². The van der Waals surface area contributed by atoms with Crippen LogP contribution in [0, 0.1) is 6.92 Å². The molecule has 1 rings (SSSR count). The van der Waals surface area contributed by atoms with E-state index in [1.165, 1.54) is 0 Å². The van der Waals surface area contributed by atoms with Gasteiger partial charge in [0.2, 0.25) is 0 Å². The van der Waals surface area contributed by atoms with Gasteiger partial charge in [0.25, 0.3) is 11.8 Å². The molecule has 4 nitrogen and oxygen atoms in total. The first-order chi connectivity index (χ1) is 7.50. The van der Waals surface area contributed by atoms with Crippen LogP contribution in [0.3, 0.4) is 0 Å². The summed E-state index contributed by atoms with van der Waals surface area (Å²) in [5.41, 5.74) is 6.23. The lowest BCUT2D eigenvalue weighted by Gasteiger charge is -2.08. The first-order valence-corrected chi connectivity index (χ1v) is 5.73. The molecular weight excluding hydrogens is 272 g/mol. The Bertz CT molecular complexity index is 387. The fourth-order valence-corrected chi connectivity index (χ4v) is 1.11. The second-order valence-corrected chi connectivity index (χ2v) is 4.80. The number of carbonyl (C=O) groups excluding carboxylic acids is 2. The Kier molecular flexibility index (Phi) is 4.49.